The zero-order valence-corrected chi connectivity index (χ0v) is 12.7. The summed E-state index contributed by atoms with van der Waals surface area (Å²) < 4.78 is 0. The highest BCUT2D eigenvalue weighted by Crippen LogP contribution is 2.57. The van der Waals surface area contributed by atoms with Gasteiger partial charge in [0.1, 0.15) is 0 Å². The van der Waals surface area contributed by atoms with Crippen molar-refractivity contribution < 1.29 is 0 Å². The van der Waals surface area contributed by atoms with E-state index in [4.69, 9.17) is 17.3 Å². The molecule has 0 aliphatic heterocycles. The fourth-order valence-electron chi connectivity index (χ4n) is 5.74. The summed E-state index contributed by atoms with van der Waals surface area (Å²) in [5.74, 6) is 4.67. The highest BCUT2D eigenvalue weighted by Gasteiger charge is 2.49. The summed E-state index contributed by atoms with van der Waals surface area (Å²) in [6, 6.07) is 8.56. The van der Waals surface area contributed by atoms with E-state index < -0.39 is 0 Å². The summed E-state index contributed by atoms with van der Waals surface area (Å²) in [7, 11) is 0. The molecule has 108 valence electrons. The molecule has 2 heteroatoms. The third-order valence-corrected chi connectivity index (χ3v) is 6.39. The summed E-state index contributed by atoms with van der Waals surface area (Å²) in [5, 5.41) is 0.833. The second kappa shape index (κ2) is 5.03. The van der Waals surface area contributed by atoms with E-state index in [1.165, 1.54) is 37.7 Å². The minimum atomic E-state index is 0.323. The van der Waals surface area contributed by atoms with Gasteiger partial charge < -0.3 is 5.73 Å². The van der Waals surface area contributed by atoms with Crippen LogP contribution in [0, 0.1) is 29.6 Å². The van der Waals surface area contributed by atoms with Crippen LogP contribution in [0.5, 0.6) is 0 Å². The number of halogens is 1. The van der Waals surface area contributed by atoms with Crippen molar-refractivity contribution in [3.63, 3.8) is 0 Å². The molecule has 4 aliphatic carbocycles. The summed E-state index contributed by atoms with van der Waals surface area (Å²) in [5.41, 5.74) is 7.94. The summed E-state index contributed by atoms with van der Waals surface area (Å²) in [6.07, 6.45) is 8.35. The molecule has 0 aromatic heterocycles. The van der Waals surface area contributed by atoms with Crippen molar-refractivity contribution in [2.24, 2.45) is 35.3 Å². The first-order valence-electron chi connectivity index (χ1n) is 8.19. The number of benzene rings is 1. The number of hydrogen-bond acceptors (Lipinski definition) is 1. The molecular weight excluding hydrogens is 266 g/mol. The van der Waals surface area contributed by atoms with E-state index in [1.54, 1.807) is 0 Å². The van der Waals surface area contributed by atoms with Crippen LogP contribution in [0.4, 0.5) is 0 Å². The molecule has 4 fully saturated rings. The van der Waals surface area contributed by atoms with E-state index in [1.807, 2.05) is 12.1 Å². The maximum Gasteiger partial charge on any atom is 0.0408 e. The van der Waals surface area contributed by atoms with Gasteiger partial charge in [0.15, 0.2) is 0 Å². The summed E-state index contributed by atoms with van der Waals surface area (Å²) >= 11 is 6.09. The van der Waals surface area contributed by atoms with Gasteiger partial charge in [-0.25, -0.2) is 0 Å². The van der Waals surface area contributed by atoms with Crippen molar-refractivity contribution in [2.75, 3.05) is 0 Å². The average molecular weight is 290 g/mol. The predicted molar refractivity (Wildman–Crippen MR) is 83.7 cm³/mol. The maximum absolute atomic E-state index is 6.64. The van der Waals surface area contributed by atoms with E-state index in [0.29, 0.717) is 6.04 Å². The number of nitrogens with two attached hydrogens (primary N) is 1. The van der Waals surface area contributed by atoms with E-state index in [2.05, 4.69) is 12.1 Å². The molecule has 1 nitrogen and oxygen atoms in total. The SMILES string of the molecule is NC(Cc1cccc(Cl)c1)C1C2CC3CC(C2)CC1C3. The molecule has 1 aromatic carbocycles. The molecule has 2 N–H and O–H groups in total. The van der Waals surface area contributed by atoms with Crippen LogP contribution >= 0.6 is 11.6 Å². The van der Waals surface area contributed by atoms with Crippen molar-refractivity contribution >= 4 is 11.6 Å². The van der Waals surface area contributed by atoms with Crippen molar-refractivity contribution in [3.8, 4) is 0 Å². The molecule has 5 rings (SSSR count). The highest BCUT2D eigenvalue weighted by molar-refractivity contribution is 6.30. The van der Waals surface area contributed by atoms with Crippen LogP contribution < -0.4 is 5.73 Å². The quantitative estimate of drug-likeness (QED) is 0.883. The van der Waals surface area contributed by atoms with E-state index in [-0.39, 0.29) is 0 Å². The molecule has 4 bridgehead atoms. The molecule has 0 heterocycles. The Morgan fingerprint density at radius 2 is 1.70 bits per heavy atom. The lowest BCUT2D eigenvalue weighted by Crippen LogP contribution is -2.52. The van der Waals surface area contributed by atoms with Gasteiger partial charge >= 0.3 is 0 Å². The third-order valence-electron chi connectivity index (χ3n) is 6.15. The van der Waals surface area contributed by atoms with Gasteiger partial charge in [-0.1, -0.05) is 23.7 Å². The van der Waals surface area contributed by atoms with Gasteiger partial charge in [0.2, 0.25) is 0 Å². The standard InChI is InChI=1S/C18H24ClN/c19-16-3-1-2-11(9-16)10-17(20)18-14-5-12-4-13(7-14)8-15(18)6-12/h1-3,9,12-15,17-18H,4-8,10,20H2. The van der Waals surface area contributed by atoms with Gasteiger partial charge in [-0.2, -0.15) is 0 Å². The van der Waals surface area contributed by atoms with Crippen LogP contribution in [-0.2, 0) is 6.42 Å². The first-order valence-corrected chi connectivity index (χ1v) is 8.57. The van der Waals surface area contributed by atoms with Crippen molar-refractivity contribution in [3.05, 3.63) is 34.9 Å². The fraction of sp³-hybridized carbons (Fsp3) is 0.667. The first-order chi connectivity index (χ1) is 9.69. The van der Waals surface area contributed by atoms with Crippen LogP contribution in [-0.4, -0.2) is 6.04 Å². The molecule has 0 radical (unpaired) electrons. The summed E-state index contributed by atoms with van der Waals surface area (Å²) in [4.78, 5) is 0. The summed E-state index contributed by atoms with van der Waals surface area (Å²) in [6.45, 7) is 0. The Balaban J connectivity index is 1.50. The molecule has 4 saturated carbocycles. The topological polar surface area (TPSA) is 26.0 Å². The van der Waals surface area contributed by atoms with Gasteiger partial charge in [0.25, 0.3) is 0 Å². The average Bonchev–Trinajstić information content (AvgIpc) is 2.37. The van der Waals surface area contributed by atoms with E-state index >= 15 is 0 Å². The predicted octanol–water partition coefficient (Wildman–Crippen LogP) is 4.28. The van der Waals surface area contributed by atoms with Crippen LogP contribution in [0.2, 0.25) is 5.02 Å². The minimum Gasteiger partial charge on any atom is -0.327 e. The molecule has 1 atom stereocenters. The molecule has 0 amide bonds. The maximum atomic E-state index is 6.64. The second-order valence-electron chi connectivity index (χ2n) is 7.51. The minimum absolute atomic E-state index is 0.323. The molecule has 0 saturated heterocycles. The number of hydrogen-bond donors (Lipinski definition) is 1. The molecule has 1 aromatic rings. The fourth-order valence-corrected chi connectivity index (χ4v) is 5.95. The Morgan fingerprint density at radius 3 is 2.30 bits per heavy atom. The van der Waals surface area contributed by atoms with Crippen molar-refractivity contribution in [1.29, 1.82) is 0 Å². The molecular formula is C18H24ClN. The van der Waals surface area contributed by atoms with E-state index in [0.717, 1.165) is 41.0 Å². The number of rotatable bonds is 3. The molecule has 20 heavy (non-hydrogen) atoms. The van der Waals surface area contributed by atoms with Gasteiger partial charge in [0, 0.05) is 11.1 Å². The third kappa shape index (κ3) is 2.29. The Bertz CT molecular complexity index is 470. The van der Waals surface area contributed by atoms with Crippen LogP contribution in [0.3, 0.4) is 0 Å². The van der Waals surface area contributed by atoms with Gasteiger partial charge in [-0.3, -0.25) is 0 Å². The van der Waals surface area contributed by atoms with Crippen molar-refractivity contribution in [1.82, 2.24) is 0 Å². The van der Waals surface area contributed by atoms with Crippen molar-refractivity contribution in [2.45, 2.75) is 44.6 Å². The smallest absolute Gasteiger partial charge is 0.0408 e. The normalized spacial score (nSPS) is 40.0. The second-order valence-corrected chi connectivity index (χ2v) is 7.94. The largest absolute Gasteiger partial charge is 0.327 e. The van der Waals surface area contributed by atoms with Crippen LogP contribution in [0.1, 0.15) is 37.7 Å². The lowest BCUT2D eigenvalue weighted by Gasteiger charge is -2.56. The Morgan fingerprint density at radius 1 is 1.05 bits per heavy atom. The monoisotopic (exact) mass is 289 g/mol. The van der Waals surface area contributed by atoms with Gasteiger partial charge in [-0.05, 0) is 85.8 Å². The Hall–Kier alpha value is -0.530. The zero-order chi connectivity index (χ0) is 13.7. The Labute approximate surface area is 126 Å². The molecule has 1 unspecified atom stereocenters. The first kappa shape index (κ1) is 13.2. The molecule has 0 spiro atoms. The van der Waals surface area contributed by atoms with Gasteiger partial charge in [-0.15, -0.1) is 0 Å². The molecule has 4 aliphatic rings. The lowest BCUT2D eigenvalue weighted by atomic mass is 9.50. The van der Waals surface area contributed by atoms with Gasteiger partial charge in [0.05, 0.1) is 0 Å². The van der Waals surface area contributed by atoms with E-state index in [9.17, 15) is 0 Å². The highest BCUT2D eigenvalue weighted by atomic mass is 35.5. The lowest BCUT2D eigenvalue weighted by molar-refractivity contribution is -0.0464. The van der Waals surface area contributed by atoms with Crippen LogP contribution in [0.15, 0.2) is 24.3 Å². The zero-order valence-electron chi connectivity index (χ0n) is 12.0. The van der Waals surface area contributed by atoms with Crippen LogP contribution in [0.25, 0.3) is 0 Å². The Kier molecular flexibility index (Phi) is 3.31.